The van der Waals surface area contributed by atoms with Crippen molar-refractivity contribution in [3.63, 3.8) is 0 Å². The predicted octanol–water partition coefficient (Wildman–Crippen LogP) is 0.440. The molecule has 0 radical (unpaired) electrons. The first-order valence-corrected chi connectivity index (χ1v) is 6.59. The normalized spacial score (nSPS) is 16.2. The van der Waals surface area contributed by atoms with E-state index in [-0.39, 0.29) is 11.9 Å². The van der Waals surface area contributed by atoms with Crippen molar-refractivity contribution in [2.24, 2.45) is 5.84 Å². The van der Waals surface area contributed by atoms with Crippen LogP contribution in [-0.4, -0.2) is 37.6 Å². The molecule has 1 aromatic carbocycles. The third kappa shape index (κ3) is 2.71. The Balaban J connectivity index is 2.23. The molecular weight excluding hydrogens is 258 g/mol. The Morgan fingerprint density at radius 1 is 1.30 bits per heavy atom. The molecule has 0 saturated carbocycles. The van der Waals surface area contributed by atoms with Crippen LogP contribution < -0.4 is 20.7 Å². The number of nitrogens with zero attached hydrogens (tertiary/aromatic N) is 1. The van der Waals surface area contributed by atoms with E-state index in [1.54, 1.807) is 14.2 Å². The van der Waals surface area contributed by atoms with Crippen LogP contribution in [0.5, 0.6) is 11.5 Å². The van der Waals surface area contributed by atoms with E-state index in [1.165, 1.54) is 5.56 Å². The van der Waals surface area contributed by atoms with Crippen molar-refractivity contribution in [1.82, 2.24) is 10.3 Å². The van der Waals surface area contributed by atoms with Gasteiger partial charge in [0.25, 0.3) is 5.91 Å². The summed E-state index contributed by atoms with van der Waals surface area (Å²) in [6.45, 7) is 3.37. The molecule has 0 bridgehead atoms. The zero-order valence-corrected chi connectivity index (χ0v) is 12.1. The van der Waals surface area contributed by atoms with Crippen LogP contribution in [-0.2, 0) is 17.8 Å². The quantitative estimate of drug-likeness (QED) is 0.475. The van der Waals surface area contributed by atoms with Gasteiger partial charge in [0, 0.05) is 13.1 Å². The van der Waals surface area contributed by atoms with Crippen LogP contribution in [0.15, 0.2) is 12.1 Å². The summed E-state index contributed by atoms with van der Waals surface area (Å²) in [4.78, 5) is 13.7. The SMILES string of the molecule is COc1cc2c(cc1OC)CN(C(C)C(=O)NN)CC2. The Morgan fingerprint density at radius 3 is 2.45 bits per heavy atom. The number of nitrogens with one attached hydrogen (secondary N) is 1. The van der Waals surface area contributed by atoms with Crippen molar-refractivity contribution in [2.45, 2.75) is 25.9 Å². The lowest BCUT2D eigenvalue weighted by Gasteiger charge is -2.33. The number of carbonyl (C=O) groups is 1. The first-order valence-electron chi connectivity index (χ1n) is 6.59. The van der Waals surface area contributed by atoms with E-state index in [0.29, 0.717) is 12.3 Å². The molecule has 2 rings (SSSR count). The van der Waals surface area contributed by atoms with Gasteiger partial charge < -0.3 is 9.47 Å². The van der Waals surface area contributed by atoms with Gasteiger partial charge in [-0.3, -0.25) is 15.1 Å². The highest BCUT2D eigenvalue weighted by Gasteiger charge is 2.26. The monoisotopic (exact) mass is 279 g/mol. The van der Waals surface area contributed by atoms with Crippen LogP contribution in [0.1, 0.15) is 18.1 Å². The summed E-state index contributed by atoms with van der Waals surface area (Å²) in [6, 6.07) is 3.74. The second kappa shape index (κ2) is 6.11. The number of hydrogen-bond donors (Lipinski definition) is 2. The smallest absolute Gasteiger partial charge is 0.250 e. The fourth-order valence-corrected chi connectivity index (χ4v) is 2.52. The highest BCUT2D eigenvalue weighted by atomic mass is 16.5. The van der Waals surface area contributed by atoms with Crippen LogP contribution in [0.25, 0.3) is 0 Å². The summed E-state index contributed by atoms with van der Waals surface area (Å²) in [6.07, 6.45) is 0.873. The third-order valence-corrected chi connectivity index (χ3v) is 3.82. The first-order chi connectivity index (χ1) is 9.60. The van der Waals surface area contributed by atoms with Crippen LogP contribution in [0.2, 0.25) is 0 Å². The number of amides is 1. The Hall–Kier alpha value is -1.79. The van der Waals surface area contributed by atoms with Crippen molar-refractivity contribution in [3.8, 4) is 11.5 Å². The van der Waals surface area contributed by atoms with E-state index in [9.17, 15) is 4.79 Å². The molecule has 1 heterocycles. The number of hydrogen-bond acceptors (Lipinski definition) is 5. The molecule has 1 aromatic rings. The molecule has 0 fully saturated rings. The van der Waals surface area contributed by atoms with Gasteiger partial charge in [-0.2, -0.15) is 0 Å². The average Bonchev–Trinajstić information content (AvgIpc) is 2.51. The minimum Gasteiger partial charge on any atom is -0.493 e. The van der Waals surface area contributed by atoms with Gasteiger partial charge in [0.05, 0.1) is 20.3 Å². The number of nitrogens with two attached hydrogens (primary N) is 1. The van der Waals surface area contributed by atoms with E-state index in [2.05, 4.69) is 10.3 Å². The lowest BCUT2D eigenvalue weighted by atomic mass is 9.97. The minimum atomic E-state index is -0.249. The molecule has 1 aliphatic rings. The number of carbonyl (C=O) groups excluding carboxylic acids is 1. The van der Waals surface area contributed by atoms with E-state index < -0.39 is 0 Å². The summed E-state index contributed by atoms with van der Waals surface area (Å²) in [5, 5.41) is 0. The first kappa shape index (κ1) is 14.6. The standard InChI is InChI=1S/C14H21N3O3/c1-9(14(18)16-15)17-5-4-10-6-12(19-2)13(20-3)7-11(10)8-17/h6-7,9H,4-5,8,15H2,1-3H3,(H,16,18). The van der Waals surface area contributed by atoms with E-state index in [0.717, 1.165) is 24.3 Å². The van der Waals surface area contributed by atoms with Crippen LogP contribution >= 0.6 is 0 Å². The highest BCUT2D eigenvalue weighted by molar-refractivity contribution is 5.80. The lowest BCUT2D eigenvalue weighted by Crippen LogP contribution is -2.48. The molecule has 6 nitrogen and oxygen atoms in total. The number of methoxy groups -OCH3 is 2. The topological polar surface area (TPSA) is 76.8 Å². The molecule has 0 saturated heterocycles. The maximum absolute atomic E-state index is 11.6. The largest absolute Gasteiger partial charge is 0.493 e. The van der Waals surface area contributed by atoms with Gasteiger partial charge in [-0.05, 0) is 36.6 Å². The summed E-state index contributed by atoms with van der Waals surface area (Å²) in [5.41, 5.74) is 4.59. The Bertz CT molecular complexity index is 505. The van der Waals surface area contributed by atoms with E-state index in [1.807, 2.05) is 19.1 Å². The van der Waals surface area contributed by atoms with Crippen molar-refractivity contribution < 1.29 is 14.3 Å². The molecule has 20 heavy (non-hydrogen) atoms. The highest BCUT2D eigenvalue weighted by Crippen LogP contribution is 2.33. The molecular formula is C14H21N3O3. The van der Waals surface area contributed by atoms with Gasteiger partial charge >= 0.3 is 0 Å². The Kier molecular flexibility index (Phi) is 4.46. The molecule has 1 unspecified atom stereocenters. The molecule has 6 heteroatoms. The summed E-state index contributed by atoms with van der Waals surface area (Å²) >= 11 is 0. The summed E-state index contributed by atoms with van der Waals surface area (Å²) < 4.78 is 10.6. The number of ether oxygens (including phenoxy) is 2. The summed E-state index contributed by atoms with van der Waals surface area (Å²) in [5.74, 6) is 6.48. The van der Waals surface area contributed by atoms with Crippen LogP contribution in [0.4, 0.5) is 0 Å². The number of rotatable bonds is 4. The van der Waals surface area contributed by atoms with Crippen LogP contribution in [0.3, 0.4) is 0 Å². The van der Waals surface area contributed by atoms with E-state index >= 15 is 0 Å². The average molecular weight is 279 g/mol. The molecule has 0 spiro atoms. The Morgan fingerprint density at radius 2 is 1.90 bits per heavy atom. The third-order valence-electron chi connectivity index (χ3n) is 3.82. The van der Waals surface area contributed by atoms with Crippen molar-refractivity contribution in [3.05, 3.63) is 23.3 Å². The second-order valence-corrected chi connectivity index (χ2v) is 4.88. The summed E-state index contributed by atoms with van der Waals surface area (Å²) in [7, 11) is 3.25. The van der Waals surface area contributed by atoms with Gasteiger partial charge in [0.2, 0.25) is 0 Å². The fourth-order valence-electron chi connectivity index (χ4n) is 2.52. The van der Waals surface area contributed by atoms with Crippen LogP contribution in [0, 0.1) is 0 Å². The molecule has 1 amide bonds. The molecule has 110 valence electrons. The molecule has 1 atom stereocenters. The van der Waals surface area contributed by atoms with Gasteiger partial charge in [-0.1, -0.05) is 0 Å². The van der Waals surface area contributed by atoms with Gasteiger partial charge in [-0.25, -0.2) is 5.84 Å². The van der Waals surface area contributed by atoms with Crippen molar-refractivity contribution >= 4 is 5.91 Å². The van der Waals surface area contributed by atoms with Crippen molar-refractivity contribution in [1.29, 1.82) is 0 Å². The van der Waals surface area contributed by atoms with Crippen molar-refractivity contribution in [2.75, 3.05) is 20.8 Å². The van der Waals surface area contributed by atoms with Gasteiger partial charge in [0.15, 0.2) is 11.5 Å². The molecule has 0 aliphatic carbocycles. The zero-order valence-electron chi connectivity index (χ0n) is 12.1. The Labute approximate surface area is 118 Å². The molecule has 3 N–H and O–H groups in total. The molecule has 0 aromatic heterocycles. The molecule has 1 aliphatic heterocycles. The predicted molar refractivity (Wildman–Crippen MR) is 75.5 cm³/mol. The number of fused-ring (bicyclic) bond motifs is 1. The van der Waals surface area contributed by atoms with Gasteiger partial charge in [0.1, 0.15) is 0 Å². The zero-order chi connectivity index (χ0) is 14.7. The fraction of sp³-hybridized carbons (Fsp3) is 0.500. The van der Waals surface area contributed by atoms with E-state index in [4.69, 9.17) is 15.3 Å². The van der Waals surface area contributed by atoms with Gasteiger partial charge in [-0.15, -0.1) is 0 Å². The maximum Gasteiger partial charge on any atom is 0.250 e. The lowest BCUT2D eigenvalue weighted by molar-refractivity contribution is -0.126. The number of benzene rings is 1. The number of hydrazine groups is 1. The second-order valence-electron chi connectivity index (χ2n) is 4.88. The maximum atomic E-state index is 11.6. The minimum absolute atomic E-state index is 0.172.